The van der Waals surface area contributed by atoms with Crippen LogP contribution in [0.4, 0.5) is 5.69 Å². The van der Waals surface area contributed by atoms with E-state index in [4.69, 9.17) is 4.74 Å². The van der Waals surface area contributed by atoms with Crippen molar-refractivity contribution in [3.8, 4) is 5.75 Å². The molecule has 106 valence electrons. The molecule has 0 atom stereocenters. The van der Waals surface area contributed by atoms with Gasteiger partial charge in [0.15, 0.2) is 0 Å². The molecule has 20 heavy (non-hydrogen) atoms. The second kappa shape index (κ2) is 6.80. The third kappa shape index (κ3) is 3.88. The molecule has 0 aliphatic rings. The standard InChI is InChI=1S/C16H20N2O2/c1-3-10-20-15-7-4-13(5-8-15)11-17-14-6-9-16(19)18(2)12-14/h4-9,12,17H,3,10-11H2,1-2H3. The second-order valence-corrected chi connectivity index (χ2v) is 4.71. The predicted octanol–water partition coefficient (Wildman–Crippen LogP) is 2.79. The van der Waals surface area contributed by atoms with Crippen LogP contribution in [0.15, 0.2) is 47.4 Å². The van der Waals surface area contributed by atoms with Crippen LogP contribution in [0.3, 0.4) is 0 Å². The summed E-state index contributed by atoms with van der Waals surface area (Å²) in [6.07, 6.45) is 2.80. The van der Waals surface area contributed by atoms with Crippen LogP contribution < -0.4 is 15.6 Å². The molecule has 0 bridgehead atoms. The Bertz CT molecular complexity index is 603. The van der Waals surface area contributed by atoms with Gasteiger partial charge in [-0.25, -0.2) is 0 Å². The summed E-state index contributed by atoms with van der Waals surface area (Å²) in [6, 6.07) is 11.4. The first-order valence-electron chi connectivity index (χ1n) is 6.81. The van der Waals surface area contributed by atoms with E-state index in [0.29, 0.717) is 6.54 Å². The van der Waals surface area contributed by atoms with Crippen LogP contribution in [0.25, 0.3) is 0 Å². The summed E-state index contributed by atoms with van der Waals surface area (Å²) in [6.45, 7) is 3.55. The van der Waals surface area contributed by atoms with E-state index in [1.54, 1.807) is 29.9 Å². The lowest BCUT2D eigenvalue weighted by atomic mass is 10.2. The third-order valence-electron chi connectivity index (χ3n) is 2.98. The maximum Gasteiger partial charge on any atom is 0.250 e. The molecule has 0 aliphatic heterocycles. The van der Waals surface area contributed by atoms with Crippen molar-refractivity contribution >= 4 is 5.69 Å². The lowest BCUT2D eigenvalue weighted by Gasteiger charge is -2.09. The minimum absolute atomic E-state index is 0.00650. The first-order valence-corrected chi connectivity index (χ1v) is 6.81. The lowest BCUT2D eigenvalue weighted by molar-refractivity contribution is 0.317. The Morgan fingerprint density at radius 3 is 2.55 bits per heavy atom. The minimum atomic E-state index is -0.00650. The highest BCUT2D eigenvalue weighted by atomic mass is 16.5. The van der Waals surface area contributed by atoms with E-state index < -0.39 is 0 Å². The molecule has 4 nitrogen and oxygen atoms in total. The summed E-state index contributed by atoms with van der Waals surface area (Å²) in [5.41, 5.74) is 2.09. The summed E-state index contributed by atoms with van der Waals surface area (Å²) in [5, 5.41) is 3.29. The summed E-state index contributed by atoms with van der Waals surface area (Å²) in [5.74, 6) is 0.901. The molecule has 2 rings (SSSR count). The molecule has 0 saturated carbocycles. The molecule has 1 aromatic heterocycles. The monoisotopic (exact) mass is 272 g/mol. The number of aromatic nitrogens is 1. The molecule has 0 spiro atoms. The number of ether oxygens (including phenoxy) is 1. The molecule has 4 heteroatoms. The number of nitrogens with one attached hydrogen (secondary N) is 1. The molecule has 0 amide bonds. The SMILES string of the molecule is CCCOc1ccc(CNc2ccc(=O)n(C)c2)cc1. The summed E-state index contributed by atoms with van der Waals surface area (Å²) in [7, 11) is 1.74. The van der Waals surface area contributed by atoms with Crippen molar-refractivity contribution < 1.29 is 4.74 Å². The average Bonchev–Trinajstić information content (AvgIpc) is 2.47. The van der Waals surface area contributed by atoms with Gasteiger partial charge in [-0.2, -0.15) is 0 Å². The Morgan fingerprint density at radius 2 is 1.90 bits per heavy atom. The second-order valence-electron chi connectivity index (χ2n) is 4.71. The van der Waals surface area contributed by atoms with Gasteiger partial charge in [-0.05, 0) is 30.2 Å². The average molecular weight is 272 g/mol. The van der Waals surface area contributed by atoms with Gasteiger partial charge in [-0.1, -0.05) is 19.1 Å². The summed E-state index contributed by atoms with van der Waals surface area (Å²) in [4.78, 5) is 11.3. The molecule has 1 aromatic carbocycles. The highest BCUT2D eigenvalue weighted by Gasteiger charge is 1.97. The Hall–Kier alpha value is -2.23. The number of anilines is 1. The van der Waals surface area contributed by atoms with Gasteiger partial charge in [0.05, 0.1) is 12.3 Å². The number of hydrogen-bond donors (Lipinski definition) is 1. The number of benzene rings is 1. The van der Waals surface area contributed by atoms with E-state index >= 15 is 0 Å². The van der Waals surface area contributed by atoms with Crippen molar-refractivity contribution in [2.24, 2.45) is 7.05 Å². The van der Waals surface area contributed by atoms with Crippen molar-refractivity contribution in [2.45, 2.75) is 19.9 Å². The quantitative estimate of drug-likeness (QED) is 0.879. The number of aryl methyl sites for hydroxylation is 1. The molecule has 0 aliphatic carbocycles. The zero-order chi connectivity index (χ0) is 14.4. The third-order valence-corrected chi connectivity index (χ3v) is 2.98. The number of hydrogen-bond acceptors (Lipinski definition) is 3. The Kier molecular flexibility index (Phi) is 4.82. The van der Waals surface area contributed by atoms with Crippen LogP contribution in [0.1, 0.15) is 18.9 Å². The number of rotatable bonds is 6. The van der Waals surface area contributed by atoms with E-state index in [2.05, 4.69) is 12.2 Å². The molecule has 1 N–H and O–H groups in total. The highest BCUT2D eigenvalue weighted by molar-refractivity contribution is 5.41. The normalized spacial score (nSPS) is 10.3. The molecule has 1 heterocycles. The van der Waals surface area contributed by atoms with Crippen LogP contribution in [-0.2, 0) is 13.6 Å². The Labute approximate surface area is 119 Å². The fourth-order valence-electron chi connectivity index (χ4n) is 1.83. The first kappa shape index (κ1) is 14.2. The summed E-state index contributed by atoms with van der Waals surface area (Å²) >= 11 is 0. The van der Waals surface area contributed by atoms with Gasteiger partial charge >= 0.3 is 0 Å². The molecule has 0 unspecified atom stereocenters. The van der Waals surface area contributed by atoms with Crippen molar-refractivity contribution in [3.63, 3.8) is 0 Å². The van der Waals surface area contributed by atoms with Crippen LogP contribution >= 0.6 is 0 Å². The van der Waals surface area contributed by atoms with Crippen LogP contribution in [0.5, 0.6) is 5.75 Å². The highest BCUT2D eigenvalue weighted by Crippen LogP contribution is 2.13. The maximum atomic E-state index is 11.3. The van der Waals surface area contributed by atoms with E-state index in [-0.39, 0.29) is 5.56 Å². The largest absolute Gasteiger partial charge is 0.494 e. The van der Waals surface area contributed by atoms with Crippen LogP contribution in [0, 0.1) is 0 Å². The maximum absolute atomic E-state index is 11.3. The van der Waals surface area contributed by atoms with Gasteiger partial charge in [0.1, 0.15) is 5.75 Å². The zero-order valence-electron chi connectivity index (χ0n) is 11.9. The van der Waals surface area contributed by atoms with Gasteiger partial charge in [0, 0.05) is 25.9 Å². The van der Waals surface area contributed by atoms with Crippen molar-refractivity contribution in [3.05, 3.63) is 58.5 Å². The molecular formula is C16H20N2O2. The van der Waals surface area contributed by atoms with Crippen molar-refractivity contribution in [2.75, 3.05) is 11.9 Å². The number of nitrogens with zero attached hydrogens (tertiary/aromatic N) is 1. The zero-order valence-corrected chi connectivity index (χ0v) is 11.9. The minimum Gasteiger partial charge on any atom is -0.494 e. The lowest BCUT2D eigenvalue weighted by Crippen LogP contribution is -2.15. The molecule has 0 fully saturated rings. The fourth-order valence-corrected chi connectivity index (χ4v) is 1.83. The van der Waals surface area contributed by atoms with E-state index in [1.807, 2.05) is 24.3 Å². The molecule has 0 radical (unpaired) electrons. The van der Waals surface area contributed by atoms with E-state index in [1.165, 1.54) is 5.56 Å². The van der Waals surface area contributed by atoms with Crippen molar-refractivity contribution in [1.29, 1.82) is 0 Å². The van der Waals surface area contributed by atoms with Gasteiger partial charge in [-0.3, -0.25) is 4.79 Å². The topological polar surface area (TPSA) is 43.3 Å². The molecule has 0 saturated heterocycles. The van der Waals surface area contributed by atoms with Crippen LogP contribution in [-0.4, -0.2) is 11.2 Å². The van der Waals surface area contributed by atoms with Gasteiger partial charge in [0.2, 0.25) is 5.56 Å². The summed E-state index contributed by atoms with van der Waals surface area (Å²) < 4.78 is 7.10. The van der Waals surface area contributed by atoms with Gasteiger partial charge < -0.3 is 14.6 Å². The fraction of sp³-hybridized carbons (Fsp3) is 0.312. The smallest absolute Gasteiger partial charge is 0.250 e. The Morgan fingerprint density at radius 1 is 1.15 bits per heavy atom. The molecular weight excluding hydrogens is 252 g/mol. The molecule has 2 aromatic rings. The first-order chi connectivity index (χ1) is 9.69. The van der Waals surface area contributed by atoms with Crippen LogP contribution in [0.2, 0.25) is 0 Å². The Balaban J connectivity index is 1.93. The van der Waals surface area contributed by atoms with Crippen molar-refractivity contribution in [1.82, 2.24) is 4.57 Å². The number of pyridine rings is 1. The van der Waals surface area contributed by atoms with Gasteiger partial charge in [-0.15, -0.1) is 0 Å². The van der Waals surface area contributed by atoms with E-state index in [0.717, 1.165) is 24.5 Å². The van der Waals surface area contributed by atoms with E-state index in [9.17, 15) is 4.79 Å². The van der Waals surface area contributed by atoms with Gasteiger partial charge in [0.25, 0.3) is 0 Å². The predicted molar refractivity (Wildman–Crippen MR) is 81.2 cm³/mol.